The van der Waals surface area contributed by atoms with Gasteiger partial charge < -0.3 is 25.0 Å². The van der Waals surface area contributed by atoms with Gasteiger partial charge in [-0.25, -0.2) is 4.79 Å². The molecule has 0 saturated heterocycles. The van der Waals surface area contributed by atoms with Gasteiger partial charge in [0.2, 0.25) is 0 Å². The zero-order valence-corrected chi connectivity index (χ0v) is 22.8. The van der Waals surface area contributed by atoms with Crippen LogP contribution in [0.2, 0.25) is 5.02 Å². The van der Waals surface area contributed by atoms with Crippen LogP contribution in [0, 0.1) is 13.8 Å². The highest BCUT2D eigenvalue weighted by Gasteiger charge is 2.21. The number of ether oxygens (including phenoxy) is 2. The number of halogens is 1. The van der Waals surface area contributed by atoms with Crippen molar-refractivity contribution >= 4 is 17.8 Å². The Labute approximate surface area is 224 Å². The van der Waals surface area contributed by atoms with Crippen molar-refractivity contribution in [3.63, 3.8) is 0 Å². The quantitative estimate of drug-likeness (QED) is 0.190. The smallest absolute Gasteiger partial charge is 0.449 e. The van der Waals surface area contributed by atoms with Crippen LogP contribution in [-0.4, -0.2) is 41.2 Å². The first-order chi connectivity index (χ1) is 17.4. The van der Waals surface area contributed by atoms with Gasteiger partial charge in [-0.1, -0.05) is 54.1 Å². The van der Waals surface area contributed by atoms with Crippen LogP contribution in [0.3, 0.4) is 0 Å². The predicted octanol–water partition coefficient (Wildman–Crippen LogP) is 6.73. The van der Waals surface area contributed by atoms with E-state index in [0.717, 1.165) is 39.3 Å². The van der Waals surface area contributed by atoms with Crippen LogP contribution in [-0.2, 0) is 11.2 Å². The van der Waals surface area contributed by atoms with Gasteiger partial charge in [0, 0.05) is 17.1 Å². The van der Waals surface area contributed by atoms with Crippen molar-refractivity contribution in [1.29, 1.82) is 0 Å². The highest BCUT2D eigenvalue weighted by molar-refractivity contribution is 6.31. The van der Waals surface area contributed by atoms with Gasteiger partial charge in [-0.15, -0.1) is 0 Å². The molecule has 3 N–H and O–H groups in total. The lowest BCUT2D eigenvalue weighted by molar-refractivity contribution is -0.00397. The van der Waals surface area contributed by atoms with Crippen molar-refractivity contribution in [2.75, 3.05) is 13.2 Å². The van der Waals surface area contributed by atoms with Crippen LogP contribution in [0.4, 0.5) is 4.79 Å². The molecule has 0 radical (unpaired) electrons. The lowest BCUT2D eigenvalue weighted by Gasteiger charge is -2.28. The highest BCUT2D eigenvalue weighted by Crippen LogP contribution is 2.32. The van der Waals surface area contributed by atoms with Gasteiger partial charge >= 0.3 is 6.16 Å². The number of β-amino-alcohol motifs (C(OH)–C–C–N with tert-alkyl or cyclic N) is 1. The molecular formula is C30H36ClNO5. The number of aryl methyl sites for hydroxylation is 2. The number of hydrogen-bond acceptors (Lipinski definition) is 5. The first-order valence-electron chi connectivity index (χ1n) is 12.4. The molecule has 3 aromatic rings. The first kappa shape index (κ1) is 28.7. The number of nitrogens with one attached hydrogen (secondary N) is 1. The fraction of sp³-hybridized carbons (Fsp3) is 0.367. The standard InChI is InChI=1S/C30H36ClNO5/c1-19-14-22(10-12-27(19)31)16-30(4,5)32-17-24(33)18-36-21(3)25-8-6-7-9-26(25)23-11-13-28(20(2)15-23)37-29(34)35/h6-15,21,24,32-33H,16-18H2,1-5H3,(H,34,35)/t21?,24-/m1/s1. The Kier molecular flexibility index (Phi) is 9.74. The number of aliphatic hydroxyl groups excluding tert-OH is 1. The molecule has 0 aliphatic heterocycles. The zero-order chi connectivity index (χ0) is 27.2. The molecule has 198 valence electrons. The number of benzene rings is 3. The van der Waals surface area contributed by atoms with E-state index in [1.807, 2.05) is 69.3 Å². The third-order valence-electron chi connectivity index (χ3n) is 6.31. The van der Waals surface area contributed by atoms with Crippen molar-refractivity contribution < 1.29 is 24.5 Å². The molecule has 7 heteroatoms. The molecule has 37 heavy (non-hydrogen) atoms. The lowest BCUT2D eigenvalue weighted by atomic mass is 9.94. The summed E-state index contributed by atoms with van der Waals surface area (Å²) >= 11 is 6.15. The molecule has 6 nitrogen and oxygen atoms in total. The van der Waals surface area contributed by atoms with Crippen molar-refractivity contribution in [2.45, 2.75) is 58.8 Å². The third-order valence-corrected chi connectivity index (χ3v) is 6.73. The molecule has 2 atom stereocenters. The summed E-state index contributed by atoms with van der Waals surface area (Å²) in [5.41, 5.74) is 5.64. The number of aliphatic hydroxyl groups is 1. The second-order valence-electron chi connectivity index (χ2n) is 10.1. The van der Waals surface area contributed by atoms with E-state index in [2.05, 4.69) is 25.2 Å². The molecule has 0 fully saturated rings. The fourth-order valence-corrected chi connectivity index (χ4v) is 4.45. The Morgan fingerprint density at radius 2 is 1.78 bits per heavy atom. The average Bonchev–Trinajstić information content (AvgIpc) is 2.84. The van der Waals surface area contributed by atoms with Gasteiger partial charge in [0.1, 0.15) is 5.75 Å². The van der Waals surface area contributed by atoms with Gasteiger partial charge in [-0.05, 0) is 92.6 Å². The maximum atomic E-state index is 10.9. The summed E-state index contributed by atoms with van der Waals surface area (Å²) in [7, 11) is 0. The maximum Gasteiger partial charge on any atom is 0.511 e. The van der Waals surface area contributed by atoms with Crippen molar-refractivity contribution in [3.8, 4) is 16.9 Å². The molecule has 0 amide bonds. The summed E-state index contributed by atoms with van der Waals surface area (Å²) in [4.78, 5) is 10.9. The van der Waals surface area contributed by atoms with Gasteiger partial charge in [-0.3, -0.25) is 0 Å². The summed E-state index contributed by atoms with van der Waals surface area (Å²) < 4.78 is 10.9. The second kappa shape index (κ2) is 12.6. The van der Waals surface area contributed by atoms with Gasteiger partial charge in [0.25, 0.3) is 0 Å². The minimum Gasteiger partial charge on any atom is -0.449 e. The van der Waals surface area contributed by atoms with E-state index in [9.17, 15) is 9.90 Å². The van der Waals surface area contributed by atoms with E-state index in [-0.39, 0.29) is 18.2 Å². The largest absolute Gasteiger partial charge is 0.511 e. The Morgan fingerprint density at radius 3 is 2.46 bits per heavy atom. The molecule has 1 unspecified atom stereocenters. The lowest BCUT2D eigenvalue weighted by Crippen LogP contribution is -2.46. The van der Waals surface area contributed by atoms with Gasteiger partial charge in [0.15, 0.2) is 0 Å². The third kappa shape index (κ3) is 8.30. The minimum absolute atomic E-state index is 0.184. The van der Waals surface area contributed by atoms with E-state index in [1.165, 1.54) is 5.56 Å². The molecule has 0 aliphatic carbocycles. The van der Waals surface area contributed by atoms with Crippen molar-refractivity contribution in [1.82, 2.24) is 5.32 Å². The molecule has 3 aromatic carbocycles. The number of carboxylic acid groups (broad SMARTS) is 1. The minimum atomic E-state index is -1.34. The normalized spacial score (nSPS) is 13.3. The van der Waals surface area contributed by atoms with E-state index >= 15 is 0 Å². The van der Waals surface area contributed by atoms with Crippen LogP contribution < -0.4 is 10.1 Å². The van der Waals surface area contributed by atoms with Crippen LogP contribution in [0.25, 0.3) is 11.1 Å². The van der Waals surface area contributed by atoms with Crippen LogP contribution >= 0.6 is 11.6 Å². The monoisotopic (exact) mass is 525 g/mol. The van der Waals surface area contributed by atoms with E-state index in [1.54, 1.807) is 6.07 Å². The van der Waals surface area contributed by atoms with Crippen molar-refractivity contribution in [3.05, 3.63) is 87.9 Å². The molecule has 0 spiro atoms. The first-order valence-corrected chi connectivity index (χ1v) is 12.7. The molecular weight excluding hydrogens is 490 g/mol. The topological polar surface area (TPSA) is 88.0 Å². The van der Waals surface area contributed by atoms with E-state index in [0.29, 0.717) is 12.3 Å². The predicted molar refractivity (Wildman–Crippen MR) is 148 cm³/mol. The molecule has 0 heterocycles. The Hall–Kier alpha value is -2.90. The van der Waals surface area contributed by atoms with Crippen LogP contribution in [0.15, 0.2) is 60.7 Å². The highest BCUT2D eigenvalue weighted by atomic mass is 35.5. The summed E-state index contributed by atoms with van der Waals surface area (Å²) in [5.74, 6) is 0.308. The Morgan fingerprint density at radius 1 is 1.05 bits per heavy atom. The summed E-state index contributed by atoms with van der Waals surface area (Å²) in [5, 5.41) is 23.7. The van der Waals surface area contributed by atoms with Crippen LogP contribution in [0.1, 0.15) is 49.1 Å². The van der Waals surface area contributed by atoms with E-state index < -0.39 is 12.3 Å². The van der Waals surface area contributed by atoms with Crippen molar-refractivity contribution in [2.24, 2.45) is 0 Å². The van der Waals surface area contributed by atoms with Gasteiger partial charge in [0.05, 0.1) is 18.8 Å². The summed E-state index contributed by atoms with van der Waals surface area (Å²) in [6, 6.07) is 19.3. The summed E-state index contributed by atoms with van der Waals surface area (Å²) in [6.45, 7) is 10.6. The molecule has 0 aliphatic rings. The van der Waals surface area contributed by atoms with E-state index in [4.69, 9.17) is 26.2 Å². The number of carbonyl (C=O) groups is 1. The number of rotatable bonds is 11. The summed E-state index contributed by atoms with van der Waals surface area (Å²) in [6.07, 6.45) is -1.46. The SMILES string of the molecule is Cc1cc(CC(C)(C)NC[C@@H](O)COC(C)c2ccccc2-c2ccc(OC(=O)O)c(C)c2)ccc1Cl. The fourth-order valence-electron chi connectivity index (χ4n) is 4.33. The molecule has 0 bridgehead atoms. The average molecular weight is 526 g/mol. The molecule has 0 saturated carbocycles. The van der Waals surface area contributed by atoms with Gasteiger partial charge in [-0.2, -0.15) is 0 Å². The zero-order valence-electron chi connectivity index (χ0n) is 22.0. The molecule has 0 aromatic heterocycles. The maximum absolute atomic E-state index is 10.9. The Bertz CT molecular complexity index is 1230. The Balaban J connectivity index is 1.58. The molecule has 3 rings (SSSR count). The number of hydrogen-bond donors (Lipinski definition) is 3. The van der Waals surface area contributed by atoms with Crippen LogP contribution in [0.5, 0.6) is 5.75 Å². The second-order valence-corrected chi connectivity index (χ2v) is 10.5.